The summed E-state index contributed by atoms with van der Waals surface area (Å²) in [4.78, 5) is 11.0. The summed E-state index contributed by atoms with van der Waals surface area (Å²) in [6, 6.07) is 0. The molecule has 0 rings (SSSR count). The van der Waals surface area contributed by atoms with Crippen LogP contribution in [0.1, 0.15) is 20.8 Å². The van der Waals surface area contributed by atoms with Crippen molar-refractivity contribution >= 4 is 46.1 Å². The summed E-state index contributed by atoms with van der Waals surface area (Å²) in [6.07, 6.45) is 0. The summed E-state index contributed by atoms with van der Waals surface area (Å²) in [7, 11) is -2.24. The Bertz CT molecular complexity index is 238. The Kier molecular flexibility index (Phi) is 7.07. The second-order valence-electron chi connectivity index (χ2n) is 3.72. The van der Waals surface area contributed by atoms with E-state index in [-0.39, 0.29) is 29.8 Å². The van der Waals surface area contributed by atoms with Crippen LogP contribution in [0.4, 0.5) is 0 Å². The molecule has 0 aromatic carbocycles. The third kappa shape index (κ3) is 6.32. The molecule has 0 spiro atoms. The topological polar surface area (TPSA) is 60.4 Å². The monoisotopic (exact) mass is 218 g/mol. The van der Waals surface area contributed by atoms with Crippen molar-refractivity contribution in [2.24, 2.45) is 5.92 Å². The normalized spacial score (nSPS) is 13.5. The first-order valence-electron chi connectivity index (χ1n) is 3.61. The summed E-state index contributed by atoms with van der Waals surface area (Å²) in [6.45, 7) is 5.49. The third-order valence-corrected chi connectivity index (χ3v) is 3.01. The predicted octanol–water partition coefficient (Wildman–Crippen LogP) is -1.39. The van der Waals surface area contributed by atoms with Crippen molar-refractivity contribution in [3.63, 3.8) is 0 Å². The SMILES string of the molecule is CC(C(=O)O[SH](=O)=O)C(C)(C)[SiH3].[LiH]. The van der Waals surface area contributed by atoms with Gasteiger partial charge in [-0.1, -0.05) is 20.8 Å². The van der Waals surface area contributed by atoms with Crippen LogP contribution in [-0.2, 0) is 20.0 Å². The van der Waals surface area contributed by atoms with E-state index in [4.69, 9.17) is 0 Å². The van der Waals surface area contributed by atoms with Gasteiger partial charge in [0.2, 0.25) is 0 Å². The van der Waals surface area contributed by atoms with E-state index in [2.05, 4.69) is 4.18 Å². The Hall–Kier alpha value is 0.234. The van der Waals surface area contributed by atoms with Gasteiger partial charge in [0, 0.05) is 10.2 Å². The molecular formula is C6H15LiO4SSi. The first-order valence-corrected chi connectivity index (χ1v) is 5.71. The van der Waals surface area contributed by atoms with Crippen LogP contribution in [0.25, 0.3) is 0 Å². The van der Waals surface area contributed by atoms with Gasteiger partial charge in [-0.05, 0) is 5.04 Å². The summed E-state index contributed by atoms with van der Waals surface area (Å²) in [5.74, 6) is -1.02. The second-order valence-corrected chi connectivity index (χ2v) is 6.93. The molecule has 0 amide bonds. The fourth-order valence-electron chi connectivity index (χ4n) is 0.506. The molecular weight excluding hydrogens is 203 g/mol. The van der Waals surface area contributed by atoms with Crippen molar-refractivity contribution in [2.45, 2.75) is 25.8 Å². The van der Waals surface area contributed by atoms with Gasteiger partial charge in [0.05, 0.1) is 5.92 Å². The minimum atomic E-state index is -3.05. The van der Waals surface area contributed by atoms with Crippen molar-refractivity contribution in [3.8, 4) is 0 Å². The van der Waals surface area contributed by atoms with Crippen molar-refractivity contribution in [3.05, 3.63) is 0 Å². The standard InChI is InChI=1S/C6H14O4SSi.Li.H/c1-4(6(2,3)12)5(7)10-11(8)9;;/h4,11H,1-3,12H3;;. The Labute approximate surface area is 95.2 Å². The molecule has 0 bridgehead atoms. The van der Waals surface area contributed by atoms with Crippen LogP contribution in [-0.4, -0.2) is 43.5 Å². The molecule has 0 saturated carbocycles. The zero-order valence-corrected chi connectivity index (χ0v) is 10.6. The molecule has 0 heterocycles. The van der Waals surface area contributed by atoms with Crippen LogP contribution in [0.3, 0.4) is 0 Å². The molecule has 0 aliphatic rings. The molecule has 13 heavy (non-hydrogen) atoms. The van der Waals surface area contributed by atoms with E-state index in [1.54, 1.807) is 6.92 Å². The molecule has 74 valence electrons. The van der Waals surface area contributed by atoms with Gasteiger partial charge in [0.15, 0.2) is 0 Å². The Morgan fingerprint density at radius 3 is 2.08 bits per heavy atom. The fourth-order valence-corrected chi connectivity index (χ4v) is 1.05. The molecule has 0 radical (unpaired) electrons. The van der Waals surface area contributed by atoms with Gasteiger partial charge in [-0.2, -0.15) is 8.42 Å². The molecule has 1 unspecified atom stereocenters. The van der Waals surface area contributed by atoms with Gasteiger partial charge in [-0.3, -0.25) is 4.79 Å². The van der Waals surface area contributed by atoms with Gasteiger partial charge >= 0.3 is 35.8 Å². The van der Waals surface area contributed by atoms with Crippen molar-refractivity contribution in [1.82, 2.24) is 0 Å². The van der Waals surface area contributed by atoms with Gasteiger partial charge < -0.3 is 4.18 Å². The fraction of sp³-hybridized carbons (Fsp3) is 0.833. The van der Waals surface area contributed by atoms with E-state index < -0.39 is 17.0 Å². The van der Waals surface area contributed by atoms with E-state index >= 15 is 0 Å². The Morgan fingerprint density at radius 1 is 1.46 bits per heavy atom. The average molecular weight is 218 g/mol. The zero-order chi connectivity index (χ0) is 9.94. The van der Waals surface area contributed by atoms with E-state index in [0.717, 1.165) is 10.2 Å². The Balaban J connectivity index is 0. The van der Waals surface area contributed by atoms with Crippen LogP contribution in [0.15, 0.2) is 0 Å². The van der Waals surface area contributed by atoms with E-state index in [1.807, 2.05) is 13.8 Å². The number of hydrogen-bond acceptors (Lipinski definition) is 4. The third-order valence-electron chi connectivity index (χ3n) is 1.82. The molecule has 0 saturated heterocycles. The zero-order valence-electron chi connectivity index (χ0n) is 7.66. The van der Waals surface area contributed by atoms with Crippen LogP contribution in [0.5, 0.6) is 0 Å². The summed E-state index contributed by atoms with van der Waals surface area (Å²) in [5.41, 5.74) is 0. The average Bonchev–Trinajstić information content (AvgIpc) is 1.82. The quantitative estimate of drug-likeness (QED) is 0.468. The molecule has 0 N–H and O–H groups in total. The molecule has 0 aliphatic carbocycles. The minimum absolute atomic E-state index is 0. The number of hydrogen-bond donors (Lipinski definition) is 1. The van der Waals surface area contributed by atoms with Crippen LogP contribution < -0.4 is 0 Å². The number of thiol groups is 1. The van der Waals surface area contributed by atoms with E-state index in [0.29, 0.717) is 0 Å². The summed E-state index contributed by atoms with van der Waals surface area (Å²) in [5, 5.41) is -0.136. The van der Waals surface area contributed by atoms with Crippen LogP contribution >= 0.6 is 0 Å². The Morgan fingerprint density at radius 2 is 1.85 bits per heavy atom. The number of carbonyl (C=O) groups is 1. The van der Waals surface area contributed by atoms with Crippen molar-refractivity contribution in [1.29, 1.82) is 0 Å². The van der Waals surface area contributed by atoms with Crippen LogP contribution in [0.2, 0.25) is 5.04 Å². The molecule has 0 fully saturated rings. The van der Waals surface area contributed by atoms with Crippen molar-refractivity contribution in [2.75, 3.05) is 0 Å². The summed E-state index contributed by atoms with van der Waals surface area (Å²) >= 11 is 0. The van der Waals surface area contributed by atoms with E-state index in [9.17, 15) is 13.2 Å². The molecule has 0 aromatic heterocycles. The molecule has 4 nitrogen and oxygen atoms in total. The maximum absolute atomic E-state index is 11.0. The summed E-state index contributed by atoms with van der Waals surface area (Å²) < 4.78 is 24.2. The molecule has 1 atom stereocenters. The molecule has 0 aliphatic heterocycles. The van der Waals surface area contributed by atoms with E-state index in [1.165, 1.54) is 0 Å². The van der Waals surface area contributed by atoms with Gasteiger partial charge in [0.1, 0.15) is 0 Å². The first-order chi connectivity index (χ1) is 5.25. The number of carbonyl (C=O) groups excluding carboxylic acids is 1. The molecule has 7 heteroatoms. The second kappa shape index (κ2) is 5.86. The first kappa shape index (κ1) is 15.7. The predicted molar refractivity (Wildman–Crippen MR) is 56.7 cm³/mol. The van der Waals surface area contributed by atoms with Gasteiger partial charge in [-0.25, -0.2) is 0 Å². The number of rotatable bonds is 3. The maximum atomic E-state index is 11.0. The van der Waals surface area contributed by atoms with Gasteiger partial charge in [0.25, 0.3) is 0 Å². The van der Waals surface area contributed by atoms with Crippen LogP contribution in [0, 0.1) is 5.92 Å². The molecule has 0 aromatic rings. The van der Waals surface area contributed by atoms with Crippen molar-refractivity contribution < 1.29 is 17.4 Å². The van der Waals surface area contributed by atoms with Gasteiger partial charge in [-0.15, -0.1) is 0 Å².